The van der Waals surface area contributed by atoms with Crippen LogP contribution in [0.1, 0.15) is 16.3 Å². The molecule has 0 radical (unpaired) electrons. The summed E-state index contributed by atoms with van der Waals surface area (Å²) in [5, 5.41) is 13.9. The summed E-state index contributed by atoms with van der Waals surface area (Å²) < 4.78 is 15.9. The molecule has 0 atom stereocenters. The molecule has 0 aliphatic heterocycles. The minimum atomic E-state index is -0.461. The van der Waals surface area contributed by atoms with E-state index in [1.165, 1.54) is 11.3 Å². The number of carbonyl (C=O) groups excluding carboxylic acids is 1. The SMILES string of the molecule is COc1ccc(CNC(=O)Nc2nnc(-c3sc(C)nc3C)o2)cc1OC. The molecule has 0 saturated carbocycles. The Bertz CT molecular complexity index is 953. The molecular weight excluding hydrogens is 370 g/mol. The predicted molar refractivity (Wildman–Crippen MR) is 100 cm³/mol. The maximum absolute atomic E-state index is 12.1. The molecule has 2 heterocycles. The van der Waals surface area contributed by atoms with Gasteiger partial charge in [0.2, 0.25) is 0 Å². The summed E-state index contributed by atoms with van der Waals surface area (Å²) in [6, 6.07) is 4.95. The van der Waals surface area contributed by atoms with Gasteiger partial charge in [-0.1, -0.05) is 11.2 Å². The van der Waals surface area contributed by atoms with Crippen molar-refractivity contribution in [1.29, 1.82) is 0 Å². The minimum absolute atomic E-state index is 0.0141. The maximum atomic E-state index is 12.1. The number of thiazole rings is 1. The molecule has 2 amide bonds. The summed E-state index contributed by atoms with van der Waals surface area (Å²) in [7, 11) is 3.12. The Morgan fingerprint density at radius 1 is 1.19 bits per heavy atom. The van der Waals surface area contributed by atoms with Crippen LogP contribution in [0.3, 0.4) is 0 Å². The monoisotopic (exact) mass is 389 g/mol. The molecule has 1 aromatic carbocycles. The van der Waals surface area contributed by atoms with Crippen molar-refractivity contribution in [2.45, 2.75) is 20.4 Å². The third-order valence-corrected chi connectivity index (χ3v) is 4.71. The molecule has 27 heavy (non-hydrogen) atoms. The van der Waals surface area contributed by atoms with E-state index >= 15 is 0 Å². The maximum Gasteiger partial charge on any atom is 0.324 e. The fourth-order valence-corrected chi connectivity index (χ4v) is 3.25. The van der Waals surface area contributed by atoms with E-state index in [1.54, 1.807) is 26.4 Å². The number of amides is 2. The number of aryl methyl sites for hydroxylation is 2. The zero-order chi connectivity index (χ0) is 19.4. The van der Waals surface area contributed by atoms with Crippen LogP contribution in [0.5, 0.6) is 11.5 Å². The number of aromatic nitrogens is 3. The largest absolute Gasteiger partial charge is 0.493 e. The summed E-state index contributed by atoms with van der Waals surface area (Å²) in [4.78, 5) is 17.2. The van der Waals surface area contributed by atoms with Crippen LogP contribution in [0, 0.1) is 13.8 Å². The number of nitrogens with zero attached hydrogens (tertiary/aromatic N) is 3. The first-order valence-corrected chi connectivity index (χ1v) is 8.85. The Morgan fingerprint density at radius 3 is 2.63 bits per heavy atom. The Balaban J connectivity index is 1.59. The predicted octanol–water partition coefficient (Wildman–Crippen LogP) is 3.15. The lowest BCUT2D eigenvalue weighted by Gasteiger charge is -2.10. The Kier molecular flexibility index (Phi) is 5.55. The van der Waals surface area contributed by atoms with Gasteiger partial charge in [0.15, 0.2) is 11.5 Å². The molecule has 0 bridgehead atoms. The first kappa shape index (κ1) is 18.6. The first-order valence-electron chi connectivity index (χ1n) is 8.03. The lowest BCUT2D eigenvalue weighted by Crippen LogP contribution is -2.28. The van der Waals surface area contributed by atoms with E-state index in [9.17, 15) is 4.79 Å². The lowest BCUT2D eigenvalue weighted by molar-refractivity contribution is 0.251. The number of hydrogen-bond acceptors (Lipinski definition) is 8. The van der Waals surface area contributed by atoms with Gasteiger partial charge in [-0.15, -0.1) is 16.4 Å². The number of hydrogen-bond donors (Lipinski definition) is 2. The molecular formula is C17H19N5O4S. The van der Waals surface area contributed by atoms with E-state index in [1.807, 2.05) is 19.9 Å². The van der Waals surface area contributed by atoms with Gasteiger partial charge in [-0.25, -0.2) is 9.78 Å². The van der Waals surface area contributed by atoms with Gasteiger partial charge in [-0.05, 0) is 31.5 Å². The number of methoxy groups -OCH3 is 2. The zero-order valence-corrected chi connectivity index (χ0v) is 16.1. The van der Waals surface area contributed by atoms with Gasteiger partial charge in [0.25, 0.3) is 5.89 Å². The first-order chi connectivity index (χ1) is 13.0. The molecule has 0 aliphatic carbocycles. The van der Waals surface area contributed by atoms with E-state index in [-0.39, 0.29) is 6.01 Å². The van der Waals surface area contributed by atoms with Crippen molar-refractivity contribution in [2.24, 2.45) is 0 Å². The molecule has 0 saturated heterocycles. The van der Waals surface area contributed by atoms with Gasteiger partial charge in [-0.2, -0.15) is 0 Å². The standard InChI is InChI=1S/C17H19N5O4S/c1-9-14(27-10(2)19-9)15-21-22-17(26-15)20-16(23)18-8-11-5-6-12(24-3)13(7-11)25-4/h5-7H,8H2,1-4H3,(H2,18,20,22,23). The normalized spacial score (nSPS) is 10.5. The molecule has 142 valence electrons. The Morgan fingerprint density at radius 2 is 1.96 bits per heavy atom. The number of carbonyl (C=O) groups is 1. The minimum Gasteiger partial charge on any atom is -0.493 e. The number of urea groups is 1. The van der Waals surface area contributed by atoms with Crippen molar-refractivity contribution in [1.82, 2.24) is 20.5 Å². The van der Waals surface area contributed by atoms with Crippen LogP contribution in [-0.2, 0) is 6.54 Å². The molecule has 9 nitrogen and oxygen atoms in total. The smallest absolute Gasteiger partial charge is 0.324 e. The highest BCUT2D eigenvalue weighted by Crippen LogP contribution is 2.29. The highest BCUT2D eigenvalue weighted by Gasteiger charge is 2.16. The lowest BCUT2D eigenvalue weighted by atomic mass is 10.2. The second kappa shape index (κ2) is 8.04. The third-order valence-electron chi connectivity index (χ3n) is 3.64. The summed E-state index contributed by atoms with van der Waals surface area (Å²) in [6.45, 7) is 4.06. The molecule has 0 aliphatic rings. The highest BCUT2D eigenvalue weighted by atomic mass is 32.1. The van der Waals surface area contributed by atoms with E-state index in [0.29, 0.717) is 23.9 Å². The van der Waals surface area contributed by atoms with Crippen LogP contribution in [0.15, 0.2) is 22.6 Å². The van der Waals surface area contributed by atoms with Crippen LogP contribution in [0.4, 0.5) is 10.8 Å². The molecule has 0 unspecified atom stereocenters. The van der Waals surface area contributed by atoms with Crippen molar-refractivity contribution in [3.8, 4) is 22.3 Å². The van der Waals surface area contributed by atoms with Gasteiger partial charge in [-0.3, -0.25) is 5.32 Å². The zero-order valence-electron chi connectivity index (χ0n) is 15.3. The van der Waals surface area contributed by atoms with Gasteiger partial charge < -0.3 is 19.2 Å². The summed E-state index contributed by atoms with van der Waals surface area (Å²) in [5.74, 6) is 1.54. The molecule has 2 N–H and O–H groups in total. The summed E-state index contributed by atoms with van der Waals surface area (Å²) in [5.41, 5.74) is 1.66. The second-order valence-electron chi connectivity index (χ2n) is 5.56. The van der Waals surface area contributed by atoms with Crippen molar-refractivity contribution >= 4 is 23.4 Å². The van der Waals surface area contributed by atoms with Crippen molar-refractivity contribution in [3.05, 3.63) is 34.5 Å². The molecule has 3 rings (SSSR count). The van der Waals surface area contributed by atoms with E-state index < -0.39 is 6.03 Å². The van der Waals surface area contributed by atoms with E-state index in [0.717, 1.165) is 21.1 Å². The van der Waals surface area contributed by atoms with Gasteiger partial charge in [0.1, 0.15) is 4.88 Å². The van der Waals surface area contributed by atoms with Gasteiger partial charge in [0, 0.05) is 6.54 Å². The average molecular weight is 389 g/mol. The molecule has 2 aromatic heterocycles. The van der Waals surface area contributed by atoms with Crippen LogP contribution in [-0.4, -0.2) is 35.4 Å². The fourth-order valence-electron chi connectivity index (χ4n) is 2.41. The number of ether oxygens (including phenoxy) is 2. The topological polar surface area (TPSA) is 111 Å². The summed E-state index contributed by atoms with van der Waals surface area (Å²) in [6.07, 6.45) is 0. The van der Waals surface area contributed by atoms with Crippen LogP contribution >= 0.6 is 11.3 Å². The van der Waals surface area contributed by atoms with Gasteiger partial charge >= 0.3 is 12.0 Å². The number of benzene rings is 1. The average Bonchev–Trinajstić information content (AvgIpc) is 3.25. The molecule has 0 spiro atoms. The molecule has 10 heteroatoms. The molecule has 0 fully saturated rings. The van der Waals surface area contributed by atoms with Crippen molar-refractivity contribution < 1.29 is 18.7 Å². The quantitative estimate of drug-likeness (QED) is 0.666. The van der Waals surface area contributed by atoms with Gasteiger partial charge in [0.05, 0.1) is 24.9 Å². The van der Waals surface area contributed by atoms with E-state index in [2.05, 4.69) is 25.8 Å². The van der Waals surface area contributed by atoms with Crippen LogP contribution in [0.25, 0.3) is 10.8 Å². The Hall–Kier alpha value is -3.14. The summed E-state index contributed by atoms with van der Waals surface area (Å²) >= 11 is 1.46. The number of anilines is 1. The molecule has 3 aromatic rings. The fraction of sp³-hybridized carbons (Fsp3) is 0.294. The third kappa shape index (κ3) is 4.34. The van der Waals surface area contributed by atoms with Crippen LogP contribution in [0.2, 0.25) is 0 Å². The van der Waals surface area contributed by atoms with Crippen molar-refractivity contribution in [2.75, 3.05) is 19.5 Å². The van der Waals surface area contributed by atoms with Crippen molar-refractivity contribution in [3.63, 3.8) is 0 Å². The van der Waals surface area contributed by atoms with E-state index in [4.69, 9.17) is 13.9 Å². The van der Waals surface area contributed by atoms with Crippen LogP contribution < -0.4 is 20.1 Å². The number of rotatable bonds is 6. The second-order valence-corrected chi connectivity index (χ2v) is 6.76. The highest BCUT2D eigenvalue weighted by molar-refractivity contribution is 7.15. The Labute approximate surface area is 159 Å². The number of nitrogens with one attached hydrogen (secondary N) is 2.